The maximum atomic E-state index is 5.07. The second-order valence-electron chi connectivity index (χ2n) is 1.16. The molecular formula is C5H13N. The van der Waals surface area contributed by atoms with Crippen molar-refractivity contribution >= 4 is 0 Å². The fourth-order valence-corrected chi connectivity index (χ4v) is 0. The van der Waals surface area contributed by atoms with E-state index in [4.69, 9.17) is 5.73 Å². The molecule has 0 atom stereocenters. The van der Waals surface area contributed by atoms with Crippen molar-refractivity contribution in [1.82, 2.24) is 0 Å². The third-order valence-corrected chi connectivity index (χ3v) is 0.348. The van der Waals surface area contributed by atoms with Crippen molar-refractivity contribution in [2.75, 3.05) is 6.54 Å². The summed E-state index contributed by atoms with van der Waals surface area (Å²) in [4.78, 5) is 0. The predicted octanol–water partition coefficient (Wildman–Crippen LogP) is 1.16. The van der Waals surface area contributed by atoms with Crippen LogP contribution < -0.4 is 5.73 Å². The zero-order valence-electron chi connectivity index (χ0n) is 3.49. The first-order valence-corrected chi connectivity index (χ1v) is 1.62. The average molecular weight is 87.2 g/mol. The van der Waals surface area contributed by atoms with E-state index in [9.17, 15) is 0 Å². The standard InChI is InChI=1S/C4H9N.CH4/c1-4(2)3-5;/h1,3,5H2,2H3;1H4. The second-order valence-corrected chi connectivity index (χ2v) is 1.16. The van der Waals surface area contributed by atoms with Gasteiger partial charge >= 0.3 is 0 Å². The van der Waals surface area contributed by atoms with Gasteiger partial charge in [0.15, 0.2) is 0 Å². The SMILES string of the molecule is C.C=C(C)CN. The lowest BCUT2D eigenvalue weighted by Gasteiger charge is -1.80. The van der Waals surface area contributed by atoms with E-state index in [2.05, 4.69) is 6.58 Å². The van der Waals surface area contributed by atoms with Crippen LogP contribution in [0, 0.1) is 0 Å². The lowest BCUT2D eigenvalue weighted by Crippen LogP contribution is -1.97. The van der Waals surface area contributed by atoms with Crippen LogP contribution in [0.15, 0.2) is 12.2 Å². The molecule has 0 saturated heterocycles. The van der Waals surface area contributed by atoms with Gasteiger partial charge in [0.1, 0.15) is 0 Å². The molecule has 38 valence electrons. The summed E-state index contributed by atoms with van der Waals surface area (Å²) in [5.41, 5.74) is 6.10. The topological polar surface area (TPSA) is 26.0 Å². The summed E-state index contributed by atoms with van der Waals surface area (Å²) in [6.45, 7) is 6.06. The van der Waals surface area contributed by atoms with Crippen LogP contribution in [0.4, 0.5) is 0 Å². The molecule has 0 aliphatic rings. The fourth-order valence-electron chi connectivity index (χ4n) is 0. The minimum atomic E-state index is 0. The van der Waals surface area contributed by atoms with E-state index in [0.29, 0.717) is 6.54 Å². The maximum Gasteiger partial charge on any atom is 0.0131 e. The van der Waals surface area contributed by atoms with Crippen LogP contribution >= 0.6 is 0 Å². The molecule has 0 aliphatic heterocycles. The molecule has 0 aromatic carbocycles. The molecular weight excluding hydrogens is 74.1 g/mol. The fraction of sp³-hybridized carbons (Fsp3) is 0.600. The Hall–Kier alpha value is -0.300. The smallest absolute Gasteiger partial charge is 0.0131 e. The molecule has 6 heavy (non-hydrogen) atoms. The van der Waals surface area contributed by atoms with E-state index in [0.717, 1.165) is 5.57 Å². The van der Waals surface area contributed by atoms with E-state index in [1.807, 2.05) is 6.92 Å². The molecule has 1 nitrogen and oxygen atoms in total. The van der Waals surface area contributed by atoms with Crippen molar-refractivity contribution in [3.8, 4) is 0 Å². The summed E-state index contributed by atoms with van der Waals surface area (Å²) in [5, 5.41) is 0. The molecule has 0 bridgehead atoms. The summed E-state index contributed by atoms with van der Waals surface area (Å²) >= 11 is 0. The van der Waals surface area contributed by atoms with Crippen molar-refractivity contribution < 1.29 is 0 Å². The van der Waals surface area contributed by atoms with Crippen LogP contribution in [-0.4, -0.2) is 6.54 Å². The van der Waals surface area contributed by atoms with E-state index in [-0.39, 0.29) is 7.43 Å². The Bertz CT molecular complexity index is 39.2. The molecule has 2 N–H and O–H groups in total. The van der Waals surface area contributed by atoms with Crippen molar-refractivity contribution in [1.29, 1.82) is 0 Å². The van der Waals surface area contributed by atoms with Crippen LogP contribution in [0.2, 0.25) is 0 Å². The molecule has 0 heterocycles. The van der Waals surface area contributed by atoms with E-state index in [1.165, 1.54) is 0 Å². The molecule has 0 unspecified atom stereocenters. The van der Waals surface area contributed by atoms with Gasteiger partial charge in [-0.3, -0.25) is 0 Å². The molecule has 0 rings (SSSR count). The van der Waals surface area contributed by atoms with Crippen molar-refractivity contribution in [2.24, 2.45) is 5.73 Å². The highest BCUT2D eigenvalue weighted by molar-refractivity contribution is 4.88. The van der Waals surface area contributed by atoms with Gasteiger partial charge < -0.3 is 5.73 Å². The van der Waals surface area contributed by atoms with Gasteiger partial charge in [0, 0.05) is 6.54 Å². The zero-order chi connectivity index (χ0) is 4.28. The first kappa shape index (κ1) is 9.20. The number of nitrogens with two attached hydrogens (primary N) is 1. The molecule has 0 aromatic heterocycles. The maximum absolute atomic E-state index is 5.07. The molecule has 0 aliphatic carbocycles. The highest BCUT2D eigenvalue weighted by Crippen LogP contribution is 1.74. The summed E-state index contributed by atoms with van der Waals surface area (Å²) < 4.78 is 0. The lowest BCUT2D eigenvalue weighted by atomic mass is 10.4. The lowest BCUT2D eigenvalue weighted by molar-refractivity contribution is 1.15. The average Bonchev–Trinajstić information content (AvgIpc) is 1.38. The van der Waals surface area contributed by atoms with Gasteiger partial charge in [-0.15, -0.1) is 0 Å². The Labute approximate surface area is 39.9 Å². The Balaban J connectivity index is 0. The van der Waals surface area contributed by atoms with Crippen LogP contribution in [0.5, 0.6) is 0 Å². The number of hydrogen-bond acceptors (Lipinski definition) is 1. The van der Waals surface area contributed by atoms with Crippen molar-refractivity contribution in [2.45, 2.75) is 14.4 Å². The summed E-state index contributed by atoms with van der Waals surface area (Å²) in [6.07, 6.45) is 0. The normalized spacial score (nSPS) is 6.33. The number of hydrogen-bond donors (Lipinski definition) is 1. The highest BCUT2D eigenvalue weighted by Gasteiger charge is 1.67. The predicted molar refractivity (Wildman–Crippen MR) is 30.6 cm³/mol. The van der Waals surface area contributed by atoms with Crippen LogP contribution in [-0.2, 0) is 0 Å². The van der Waals surface area contributed by atoms with E-state index >= 15 is 0 Å². The minimum Gasteiger partial charge on any atom is -0.327 e. The molecule has 0 saturated carbocycles. The first-order valence-electron chi connectivity index (χ1n) is 1.62. The second kappa shape index (κ2) is 4.70. The highest BCUT2D eigenvalue weighted by atomic mass is 14.5. The molecule has 0 amide bonds. The molecule has 0 fully saturated rings. The Kier molecular flexibility index (Phi) is 7.20. The summed E-state index contributed by atoms with van der Waals surface area (Å²) in [7, 11) is 0. The molecule has 0 radical (unpaired) electrons. The summed E-state index contributed by atoms with van der Waals surface area (Å²) in [6, 6.07) is 0. The van der Waals surface area contributed by atoms with E-state index in [1.54, 1.807) is 0 Å². The van der Waals surface area contributed by atoms with Crippen molar-refractivity contribution in [3.63, 3.8) is 0 Å². The van der Waals surface area contributed by atoms with Crippen LogP contribution in [0.25, 0.3) is 0 Å². The van der Waals surface area contributed by atoms with E-state index < -0.39 is 0 Å². The van der Waals surface area contributed by atoms with Gasteiger partial charge in [-0.1, -0.05) is 19.6 Å². The minimum absolute atomic E-state index is 0. The Morgan fingerprint density at radius 2 is 2.00 bits per heavy atom. The third kappa shape index (κ3) is 9.33. The van der Waals surface area contributed by atoms with Crippen LogP contribution in [0.3, 0.4) is 0 Å². The Morgan fingerprint density at radius 1 is 1.83 bits per heavy atom. The van der Waals surface area contributed by atoms with Crippen molar-refractivity contribution in [3.05, 3.63) is 12.2 Å². The largest absolute Gasteiger partial charge is 0.327 e. The quantitative estimate of drug-likeness (QED) is 0.477. The van der Waals surface area contributed by atoms with Gasteiger partial charge in [-0.25, -0.2) is 0 Å². The van der Waals surface area contributed by atoms with Gasteiger partial charge in [0.2, 0.25) is 0 Å². The number of rotatable bonds is 1. The molecule has 0 aromatic rings. The zero-order valence-corrected chi connectivity index (χ0v) is 3.49. The van der Waals surface area contributed by atoms with Gasteiger partial charge in [-0.05, 0) is 6.92 Å². The molecule has 1 heteroatoms. The monoisotopic (exact) mass is 87.1 g/mol. The molecule has 0 spiro atoms. The first-order chi connectivity index (χ1) is 2.27. The third-order valence-electron chi connectivity index (χ3n) is 0.348. The van der Waals surface area contributed by atoms with Crippen LogP contribution in [0.1, 0.15) is 14.4 Å². The Morgan fingerprint density at radius 3 is 2.00 bits per heavy atom. The van der Waals surface area contributed by atoms with Gasteiger partial charge in [-0.2, -0.15) is 0 Å². The van der Waals surface area contributed by atoms with Gasteiger partial charge in [0.25, 0.3) is 0 Å². The van der Waals surface area contributed by atoms with Gasteiger partial charge in [0.05, 0.1) is 0 Å². The summed E-state index contributed by atoms with van der Waals surface area (Å²) in [5.74, 6) is 0.